The minimum Gasteiger partial charge on any atom is -0.309 e. The van der Waals surface area contributed by atoms with Crippen LogP contribution in [0, 0.1) is 6.92 Å². The summed E-state index contributed by atoms with van der Waals surface area (Å²) in [7, 11) is 0. The van der Waals surface area contributed by atoms with Crippen LogP contribution in [0.5, 0.6) is 0 Å². The minimum atomic E-state index is -0.0335. The van der Waals surface area contributed by atoms with Gasteiger partial charge in [0.1, 0.15) is 0 Å². The lowest BCUT2D eigenvalue weighted by atomic mass is 9.81. The van der Waals surface area contributed by atoms with Crippen LogP contribution in [-0.2, 0) is 10.8 Å². The average molecular weight is 642 g/mol. The van der Waals surface area contributed by atoms with Crippen LogP contribution in [0.15, 0.2) is 146 Å². The Hall–Kier alpha value is -5.66. The molecule has 0 amide bonds. The molecule has 2 aliphatic carbocycles. The first-order chi connectivity index (χ1) is 24.2. The number of aromatic nitrogens is 1. The van der Waals surface area contributed by atoms with E-state index in [2.05, 4.69) is 185 Å². The van der Waals surface area contributed by atoms with E-state index in [1.165, 1.54) is 99.8 Å². The van der Waals surface area contributed by atoms with Crippen molar-refractivity contribution < 1.29 is 0 Å². The molecule has 8 aromatic rings. The maximum absolute atomic E-state index is 2.44. The number of rotatable bonds is 3. The summed E-state index contributed by atoms with van der Waals surface area (Å²) in [6.07, 6.45) is 0. The third kappa shape index (κ3) is 4.01. The van der Waals surface area contributed by atoms with Crippen molar-refractivity contribution in [1.29, 1.82) is 0 Å². The van der Waals surface area contributed by atoms with Gasteiger partial charge in [-0.25, -0.2) is 0 Å². The van der Waals surface area contributed by atoms with E-state index in [0.29, 0.717) is 0 Å². The van der Waals surface area contributed by atoms with Crippen molar-refractivity contribution in [3.8, 4) is 50.2 Å². The van der Waals surface area contributed by atoms with Gasteiger partial charge in [0, 0.05) is 27.3 Å². The van der Waals surface area contributed by atoms with Gasteiger partial charge in [0.25, 0.3) is 0 Å². The molecule has 0 saturated heterocycles. The third-order valence-electron chi connectivity index (χ3n) is 11.9. The van der Waals surface area contributed by atoms with Crippen LogP contribution in [0.2, 0.25) is 0 Å². The monoisotopic (exact) mass is 641 g/mol. The second kappa shape index (κ2) is 10.2. The quantitative estimate of drug-likeness (QED) is 0.181. The maximum Gasteiger partial charge on any atom is 0.0541 e. The summed E-state index contributed by atoms with van der Waals surface area (Å²) in [5.41, 5.74) is 20.9. The van der Waals surface area contributed by atoms with Crippen molar-refractivity contribution in [1.82, 2.24) is 4.57 Å². The Balaban J connectivity index is 1.16. The normalized spacial score (nSPS) is 14.8. The van der Waals surface area contributed by atoms with Gasteiger partial charge in [-0.15, -0.1) is 0 Å². The largest absolute Gasteiger partial charge is 0.309 e. The lowest BCUT2D eigenvalue weighted by Crippen LogP contribution is -2.14. The molecule has 2 aliphatic rings. The Kier molecular flexibility index (Phi) is 5.96. The van der Waals surface area contributed by atoms with Crippen molar-refractivity contribution in [2.45, 2.75) is 45.4 Å². The van der Waals surface area contributed by atoms with Crippen LogP contribution in [0.1, 0.15) is 55.5 Å². The summed E-state index contributed by atoms with van der Waals surface area (Å²) >= 11 is 0. The van der Waals surface area contributed by atoms with E-state index in [1.54, 1.807) is 0 Å². The standard InChI is InChI=1S/C49H39N/c1-30-14-20-35(21-15-30)50-46-24-18-31(33-16-22-38-36-10-6-8-12-42(36)48(2,3)44(38)28-33)26-40(46)41-27-32(19-25-47(41)50)34-17-23-39-37-11-7-9-13-43(37)49(4,5)45(39)29-34/h6-29H,1-5H3. The molecule has 10 rings (SSSR count). The highest BCUT2D eigenvalue weighted by molar-refractivity contribution is 6.11. The predicted molar refractivity (Wildman–Crippen MR) is 212 cm³/mol. The zero-order valence-corrected chi connectivity index (χ0v) is 29.3. The minimum absolute atomic E-state index is 0.0335. The van der Waals surface area contributed by atoms with Gasteiger partial charge < -0.3 is 4.57 Å². The van der Waals surface area contributed by atoms with Gasteiger partial charge in [-0.3, -0.25) is 0 Å². The highest BCUT2D eigenvalue weighted by atomic mass is 15.0. The molecule has 0 atom stereocenters. The molecule has 0 unspecified atom stereocenters. The summed E-state index contributed by atoms with van der Waals surface area (Å²) < 4.78 is 2.43. The van der Waals surface area contributed by atoms with Gasteiger partial charge >= 0.3 is 0 Å². The zero-order valence-electron chi connectivity index (χ0n) is 29.3. The van der Waals surface area contributed by atoms with E-state index >= 15 is 0 Å². The summed E-state index contributed by atoms with van der Waals surface area (Å²) in [5.74, 6) is 0. The molecular weight excluding hydrogens is 603 g/mol. The number of hydrogen-bond acceptors (Lipinski definition) is 0. The van der Waals surface area contributed by atoms with Crippen LogP contribution < -0.4 is 0 Å². The van der Waals surface area contributed by atoms with Gasteiger partial charge in [0.2, 0.25) is 0 Å². The number of fused-ring (bicyclic) bond motifs is 9. The molecule has 0 fully saturated rings. The first-order valence-corrected chi connectivity index (χ1v) is 17.8. The van der Waals surface area contributed by atoms with Gasteiger partial charge in [0.05, 0.1) is 11.0 Å². The summed E-state index contributed by atoms with van der Waals surface area (Å²) in [5, 5.41) is 2.55. The van der Waals surface area contributed by atoms with Gasteiger partial charge in [-0.2, -0.15) is 0 Å². The molecule has 0 aliphatic heterocycles. The number of aryl methyl sites for hydroxylation is 1. The van der Waals surface area contributed by atoms with Crippen LogP contribution in [0.25, 0.3) is 72.0 Å². The van der Waals surface area contributed by atoms with Crippen molar-refractivity contribution >= 4 is 21.8 Å². The topological polar surface area (TPSA) is 4.93 Å². The number of benzene rings is 7. The van der Waals surface area contributed by atoms with Crippen molar-refractivity contribution in [3.05, 3.63) is 173 Å². The van der Waals surface area contributed by atoms with Crippen molar-refractivity contribution in [3.63, 3.8) is 0 Å². The zero-order chi connectivity index (χ0) is 33.9. The van der Waals surface area contributed by atoms with E-state index in [0.717, 1.165) is 0 Å². The van der Waals surface area contributed by atoms with Crippen LogP contribution in [0.3, 0.4) is 0 Å². The van der Waals surface area contributed by atoms with Gasteiger partial charge in [0.15, 0.2) is 0 Å². The van der Waals surface area contributed by atoms with E-state index in [-0.39, 0.29) is 10.8 Å². The molecule has 0 spiro atoms. The highest BCUT2D eigenvalue weighted by Crippen LogP contribution is 2.51. The maximum atomic E-state index is 2.44. The number of hydrogen-bond donors (Lipinski definition) is 0. The molecule has 1 heteroatoms. The second-order valence-electron chi connectivity index (χ2n) is 15.5. The summed E-state index contributed by atoms with van der Waals surface area (Å²) in [6, 6.07) is 55.0. The Morgan fingerprint density at radius 3 is 1.26 bits per heavy atom. The van der Waals surface area contributed by atoms with Gasteiger partial charge in [-0.1, -0.05) is 130 Å². The lowest BCUT2D eigenvalue weighted by Gasteiger charge is -2.22. The van der Waals surface area contributed by atoms with Crippen LogP contribution in [0.4, 0.5) is 0 Å². The van der Waals surface area contributed by atoms with E-state index in [4.69, 9.17) is 0 Å². The SMILES string of the molecule is Cc1ccc(-n2c3ccc(-c4ccc5c(c4)C(C)(C)c4ccccc4-5)cc3c3cc(-c4ccc5c(c4)C(C)(C)c4ccccc4-5)ccc32)cc1. The molecule has 50 heavy (non-hydrogen) atoms. The fourth-order valence-electron chi connectivity index (χ4n) is 9.12. The molecule has 0 saturated carbocycles. The fourth-order valence-corrected chi connectivity index (χ4v) is 9.12. The van der Waals surface area contributed by atoms with Gasteiger partial charge in [-0.05, 0) is 122 Å². The number of nitrogens with zero attached hydrogens (tertiary/aromatic N) is 1. The lowest BCUT2D eigenvalue weighted by molar-refractivity contribution is 0.660. The first-order valence-electron chi connectivity index (χ1n) is 17.8. The highest BCUT2D eigenvalue weighted by Gasteiger charge is 2.36. The van der Waals surface area contributed by atoms with Crippen molar-refractivity contribution in [2.24, 2.45) is 0 Å². The Bertz CT molecular complexity index is 2530. The van der Waals surface area contributed by atoms with Crippen LogP contribution in [-0.4, -0.2) is 4.57 Å². The predicted octanol–water partition coefficient (Wildman–Crippen LogP) is 13.0. The molecule has 1 nitrogen and oxygen atoms in total. The molecule has 7 aromatic carbocycles. The molecule has 0 bridgehead atoms. The second-order valence-corrected chi connectivity index (χ2v) is 15.5. The third-order valence-corrected chi connectivity index (χ3v) is 11.9. The molecule has 1 heterocycles. The van der Waals surface area contributed by atoms with E-state index in [9.17, 15) is 0 Å². The first kappa shape index (κ1) is 29.3. The molecule has 240 valence electrons. The summed E-state index contributed by atoms with van der Waals surface area (Å²) in [4.78, 5) is 0. The van der Waals surface area contributed by atoms with E-state index in [1.807, 2.05) is 0 Å². The fraction of sp³-hybridized carbons (Fsp3) is 0.143. The van der Waals surface area contributed by atoms with Crippen LogP contribution >= 0.6 is 0 Å². The smallest absolute Gasteiger partial charge is 0.0541 e. The Morgan fingerprint density at radius 2 is 0.780 bits per heavy atom. The average Bonchev–Trinajstić information content (AvgIpc) is 3.68. The van der Waals surface area contributed by atoms with Crippen molar-refractivity contribution in [2.75, 3.05) is 0 Å². The molecule has 1 aromatic heterocycles. The Morgan fingerprint density at radius 1 is 0.380 bits per heavy atom. The summed E-state index contributed by atoms with van der Waals surface area (Å²) in [6.45, 7) is 11.6. The Labute approximate surface area is 294 Å². The molecular formula is C49H39N. The molecule has 0 radical (unpaired) electrons. The molecule has 0 N–H and O–H groups in total. The van der Waals surface area contributed by atoms with E-state index < -0.39 is 0 Å².